The fraction of sp³-hybridized carbons (Fsp3) is 0.273. The fourth-order valence-corrected chi connectivity index (χ4v) is 4.23. The third kappa shape index (κ3) is 3.39. The maximum atomic E-state index is 6.17. The highest BCUT2D eigenvalue weighted by Crippen LogP contribution is 2.31. The molecule has 0 aliphatic carbocycles. The molecule has 4 aromatic heterocycles. The van der Waals surface area contributed by atoms with E-state index >= 15 is 0 Å². The number of nitrogens with one attached hydrogen (secondary N) is 2. The van der Waals surface area contributed by atoms with Gasteiger partial charge < -0.3 is 15.2 Å². The summed E-state index contributed by atoms with van der Waals surface area (Å²) in [5, 5.41) is 9.76. The van der Waals surface area contributed by atoms with Gasteiger partial charge in [-0.15, -0.1) is 0 Å². The van der Waals surface area contributed by atoms with Crippen molar-refractivity contribution in [1.82, 2.24) is 29.8 Å². The summed E-state index contributed by atoms with van der Waals surface area (Å²) in [4.78, 5) is 9.95. The Labute approximate surface area is 174 Å². The second kappa shape index (κ2) is 7.21. The maximum Gasteiger partial charge on any atom is 0.137 e. The van der Waals surface area contributed by atoms with Gasteiger partial charge in [0, 0.05) is 46.8 Å². The molecule has 0 atom stereocenters. The van der Waals surface area contributed by atoms with Crippen molar-refractivity contribution in [2.45, 2.75) is 18.9 Å². The minimum absolute atomic E-state index is 0.457. The largest absolute Gasteiger partial charge is 0.382 e. The van der Waals surface area contributed by atoms with Crippen LogP contribution in [0.2, 0.25) is 5.02 Å². The molecule has 0 amide bonds. The van der Waals surface area contributed by atoms with Crippen molar-refractivity contribution in [2.75, 3.05) is 20.1 Å². The molecule has 5 rings (SSSR count). The van der Waals surface area contributed by atoms with Crippen molar-refractivity contribution in [3.63, 3.8) is 0 Å². The number of fused-ring (bicyclic) bond motifs is 2. The lowest BCUT2D eigenvalue weighted by Gasteiger charge is -2.30. The zero-order chi connectivity index (χ0) is 20.0. The highest BCUT2D eigenvalue weighted by molar-refractivity contribution is 6.31. The molecule has 0 saturated carbocycles. The predicted octanol–water partition coefficient (Wildman–Crippen LogP) is 4.19. The zero-order valence-electron chi connectivity index (χ0n) is 16.3. The lowest BCUT2D eigenvalue weighted by Crippen LogP contribution is -2.39. The van der Waals surface area contributed by atoms with Gasteiger partial charge in [-0.05, 0) is 56.7 Å². The van der Waals surface area contributed by atoms with Crippen LogP contribution in [-0.4, -0.2) is 50.7 Å². The third-order valence-corrected chi connectivity index (χ3v) is 5.96. The number of rotatable bonds is 4. The van der Waals surface area contributed by atoms with Crippen LogP contribution in [0.1, 0.15) is 18.4 Å². The first kappa shape index (κ1) is 18.2. The highest BCUT2D eigenvalue weighted by atomic mass is 35.5. The van der Waals surface area contributed by atoms with Crippen LogP contribution in [-0.2, 0) is 0 Å². The second-order valence-corrected chi connectivity index (χ2v) is 8.19. The van der Waals surface area contributed by atoms with Gasteiger partial charge in [-0.1, -0.05) is 18.2 Å². The molecule has 0 aromatic carbocycles. The number of H-pyrrole nitrogens is 1. The van der Waals surface area contributed by atoms with E-state index in [1.165, 1.54) is 0 Å². The zero-order valence-corrected chi connectivity index (χ0v) is 17.1. The molecule has 1 fully saturated rings. The van der Waals surface area contributed by atoms with Crippen molar-refractivity contribution in [3.8, 4) is 11.1 Å². The SMILES string of the molecule is C=C(NC1CCN(C)CC1)c1cnn2ccc(-c3c[nH]c4ncc(Cl)cc34)cc12. The molecular weight excluding hydrogens is 384 g/mol. The molecule has 6 nitrogen and oxygen atoms in total. The Bertz CT molecular complexity index is 1200. The topological polar surface area (TPSA) is 61.2 Å². The summed E-state index contributed by atoms with van der Waals surface area (Å²) < 4.78 is 1.89. The monoisotopic (exact) mass is 406 g/mol. The molecule has 7 heteroatoms. The highest BCUT2D eigenvalue weighted by Gasteiger charge is 2.18. The van der Waals surface area contributed by atoms with Crippen molar-refractivity contribution < 1.29 is 0 Å². The number of likely N-dealkylation sites (tertiary alicyclic amines) is 1. The number of hydrogen-bond acceptors (Lipinski definition) is 4. The quantitative estimate of drug-likeness (QED) is 0.533. The molecule has 2 N–H and O–H groups in total. The van der Waals surface area contributed by atoms with Crippen LogP contribution in [0.5, 0.6) is 0 Å². The van der Waals surface area contributed by atoms with Gasteiger partial charge in [0.2, 0.25) is 0 Å². The summed E-state index contributed by atoms with van der Waals surface area (Å²) in [5.74, 6) is 0. The van der Waals surface area contributed by atoms with Gasteiger partial charge in [-0.3, -0.25) is 0 Å². The van der Waals surface area contributed by atoms with E-state index in [1.54, 1.807) is 6.20 Å². The van der Waals surface area contributed by atoms with Crippen molar-refractivity contribution in [1.29, 1.82) is 0 Å². The number of pyridine rings is 2. The first-order valence-electron chi connectivity index (χ1n) is 9.83. The Morgan fingerprint density at radius 3 is 2.93 bits per heavy atom. The standard InChI is InChI=1S/C22H23ClN6/c1-14(27-17-4-6-28(2)7-5-17)19-13-26-29-8-3-15(9-21(19)29)20-12-25-22-18(20)10-16(23)11-24-22/h3,8-13,17,27H,1,4-7H2,2H3,(H,24,25). The van der Waals surface area contributed by atoms with Crippen LogP contribution in [0.3, 0.4) is 0 Å². The Morgan fingerprint density at radius 1 is 1.28 bits per heavy atom. The molecule has 0 bridgehead atoms. The maximum absolute atomic E-state index is 6.17. The Hall–Kier alpha value is -2.83. The second-order valence-electron chi connectivity index (χ2n) is 7.76. The van der Waals surface area contributed by atoms with E-state index in [2.05, 4.69) is 51.0 Å². The first-order chi connectivity index (χ1) is 14.1. The molecular formula is C22H23ClN6. The summed E-state index contributed by atoms with van der Waals surface area (Å²) >= 11 is 6.17. The van der Waals surface area contributed by atoms with Crippen LogP contribution in [0.4, 0.5) is 0 Å². The van der Waals surface area contributed by atoms with Crippen molar-refractivity contribution >= 4 is 33.8 Å². The summed E-state index contributed by atoms with van der Waals surface area (Å²) in [6.45, 7) is 6.53. The van der Waals surface area contributed by atoms with Crippen LogP contribution >= 0.6 is 11.6 Å². The first-order valence-corrected chi connectivity index (χ1v) is 10.2. The number of aromatic nitrogens is 4. The smallest absolute Gasteiger partial charge is 0.137 e. The summed E-state index contributed by atoms with van der Waals surface area (Å²) in [6, 6.07) is 6.60. The van der Waals surface area contributed by atoms with Gasteiger partial charge in [0.25, 0.3) is 0 Å². The van der Waals surface area contributed by atoms with Gasteiger partial charge >= 0.3 is 0 Å². The van der Waals surface area contributed by atoms with Gasteiger partial charge in [-0.2, -0.15) is 5.10 Å². The van der Waals surface area contributed by atoms with E-state index in [9.17, 15) is 0 Å². The molecule has 0 unspecified atom stereocenters. The van der Waals surface area contributed by atoms with Crippen molar-refractivity contribution in [2.24, 2.45) is 0 Å². The van der Waals surface area contributed by atoms with Crippen LogP contribution < -0.4 is 5.32 Å². The summed E-state index contributed by atoms with van der Waals surface area (Å²) in [5.41, 5.74) is 5.96. The average molecular weight is 407 g/mol. The van der Waals surface area contributed by atoms with Crippen LogP contribution in [0.15, 0.2) is 49.6 Å². The van der Waals surface area contributed by atoms with Gasteiger partial charge in [0.05, 0.1) is 16.7 Å². The Kier molecular flexibility index (Phi) is 4.53. The molecule has 1 saturated heterocycles. The minimum atomic E-state index is 0.457. The normalized spacial score (nSPS) is 15.9. The van der Waals surface area contributed by atoms with Gasteiger partial charge in [0.15, 0.2) is 0 Å². The van der Waals surface area contributed by atoms with E-state index in [-0.39, 0.29) is 0 Å². The van der Waals surface area contributed by atoms with E-state index in [0.717, 1.165) is 64.9 Å². The van der Waals surface area contributed by atoms with Gasteiger partial charge in [-0.25, -0.2) is 9.50 Å². The van der Waals surface area contributed by atoms with E-state index < -0.39 is 0 Å². The molecule has 148 valence electrons. The number of hydrogen-bond donors (Lipinski definition) is 2. The molecule has 0 radical (unpaired) electrons. The summed E-state index contributed by atoms with van der Waals surface area (Å²) in [7, 11) is 2.17. The molecule has 1 aliphatic heterocycles. The van der Waals surface area contributed by atoms with Crippen LogP contribution in [0, 0.1) is 0 Å². The molecule has 0 spiro atoms. The van der Waals surface area contributed by atoms with E-state index in [0.29, 0.717) is 11.1 Å². The molecule has 4 aromatic rings. The summed E-state index contributed by atoms with van der Waals surface area (Å²) in [6.07, 6.45) is 9.75. The number of piperidine rings is 1. The van der Waals surface area contributed by atoms with Crippen molar-refractivity contribution in [3.05, 3.63) is 60.2 Å². The third-order valence-electron chi connectivity index (χ3n) is 5.75. The lowest BCUT2D eigenvalue weighted by molar-refractivity contribution is 0.245. The molecule has 1 aliphatic rings. The number of nitrogens with zero attached hydrogens (tertiary/aromatic N) is 4. The fourth-order valence-electron chi connectivity index (χ4n) is 4.07. The molecule has 29 heavy (non-hydrogen) atoms. The Balaban J connectivity index is 1.48. The number of aromatic amines is 1. The van der Waals surface area contributed by atoms with E-state index in [4.69, 9.17) is 11.6 Å². The predicted molar refractivity (Wildman–Crippen MR) is 118 cm³/mol. The lowest BCUT2D eigenvalue weighted by atomic mass is 10.0. The van der Waals surface area contributed by atoms with Crippen LogP contribution in [0.25, 0.3) is 33.4 Å². The average Bonchev–Trinajstić information content (AvgIpc) is 3.33. The number of halogens is 1. The minimum Gasteiger partial charge on any atom is -0.382 e. The molecule has 5 heterocycles. The Morgan fingerprint density at radius 2 is 2.10 bits per heavy atom. The van der Waals surface area contributed by atoms with Gasteiger partial charge in [0.1, 0.15) is 5.65 Å². The van der Waals surface area contributed by atoms with E-state index in [1.807, 2.05) is 29.2 Å².